The molecule has 2 aromatic rings. The van der Waals surface area contributed by atoms with Gasteiger partial charge in [-0.3, -0.25) is 9.69 Å². The van der Waals surface area contributed by atoms with Crippen LogP contribution in [-0.4, -0.2) is 51.5 Å². The Morgan fingerprint density at radius 1 is 1.38 bits per heavy atom. The number of H-pyrrole nitrogens is 1. The standard InChI is InChI=1S/C17H23N3O3S/c1-17(2,3)20-6-4-5-10(9-20)18-15(21)12-8-13-11(19-12)7-14(24-13)16(22)23/h7-8,10,19H,4-6,9H2,1-3H3,(H,18,21)(H,22,23). The maximum Gasteiger partial charge on any atom is 0.345 e. The second-order valence-corrected chi connectivity index (χ2v) is 8.39. The number of hydrogen-bond acceptors (Lipinski definition) is 4. The van der Waals surface area contributed by atoms with Crippen LogP contribution in [0.15, 0.2) is 12.1 Å². The summed E-state index contributed by atoms with van der Waals surface area (Å²) in [6.07, 6.45) is 2.06. The number of carbonyl (C=O) groups is 2. The largest absolute Gasteiger partial charge is 0.477 e. The number of thiophene rings is 1. The topological polar surface area (TPSA) is 85.4 Å². The maximum absolute atomic E-state index is 12.5. The third-order valence-corrected chi connectivity index (χ3v) is 5.54. The summed E-state index contributed by atoms with van der Waals surface area (Å²) in [6, 6.07) is 3.44. The van der Waals surface area contributed by atoms with Crippen molar-refractivity contribution in [1.29, 1.82) is 0 Å². The Kier molecular flexibility index (Phi) is 4.40. The summed E-state index contributed by atoms with van der Waals surface area (Å²) in [4.78, 5) is 29.2. The highest BCUT2D eigenvalue weighted by Gasteiger charge is 2.29. The van der Waals surface area contributed by atoms with Gasteiger partial charge in [0.05, 0.1) is 10.2 Å². The minimum atomic E-state index is -0.944. The van der Waals surface area contributed by atoms with E-state index >= 15 is 0 Å². The monoisotopic (exact) mass is 349 g/mol. The zero-order valence-electron chi connectivity index (χ0n) is 14.2. The SMILES string of the molecule is CC(C)(C)N1CCCC(NC(=O)c2cc3sc(C(=O)O)cc3[nH]2)C1. The Balaban J connectivity index is 1.68. The molecule has 0 saturated carbocycles. The van der Waals surface area contributed by atoms with Gasteiger partial charge >= 0.3 is 5.97 Å². The van der Waals surface area contributed by atoms with Gasteiger partial charge in [0.1, 0.15) is 10.6 Å². The molecule has 130 valence electrons. The Hall–Kier alpha value is -1.86. The van der Waals surface area contributed by atoms with E-state index in [0.29, 0.717) is 11.2 Å². The van der Waals surface area contributed by atoms with Crippen LogP contribution in [-0.2, 0) is 0 Å². The third-order valence-electron chi connectivity index (χ3n) is 4.47. The van der Waals surface area contributed by atoms with Crippen LogP contribution in [0.25, 0.3) is 10.2 Å². The Morgan fingerprint density at radius 2 is 2.12 bits per heavy atom. The predicted molar refractivity (Wildman–Crippen MR) is 94.9 cm³/mol. The minimum absolute atomic E-state index is 0.103. The lowest BCUT2D eigenvalue weighted by Crippen LogP contribution is -2.53. The zero-order chi connectivity index (χ0) is 17.5. The number of aromatic amines is 1. The quantitative estimate of drug-likeness (QED) is 0.795. The van der Waals surface area contributed by atoms with Crippen molar-refractivity contribution >= 4 is 33.4 Å². The number of aromatic nitrogens is 1. The molecule has 1 saturated heterocycles. The summed E-state index contributed by atoms with van der Waals surface area (Å²) in [7, 11) is 0. The number of carboxylic acid groups (broad SMARTS) is 1. The van der Waals surface area contributed by atoms with Crippen molar-refractivity contribution in [2.24, 2.45) is 0 Å². The first-order valence-electron chi connectivity index (χ1n) is 8.16. The second-order valence-electron chi connectivity index (χ2n) is 7.31. The van der Waals surface area contributed by atoms with Gasteiger partial charge in [-0.15, -0.1) is 11.3 Å². The summed E-state index contributed by atoms with van der Waals surface area (Å²) in [5.41, 5.74) is 1.29. The van der Waals surface area contributed by atoms with Crippen molar-refractivity contribution in [2.75, 3.05) is 13.1 Å². The van der Waals surface area contributed by atoms with Crippen molar-refractivity contribution in [2.45, 2.75) is 45.2 Å². The fourth-order valence-corrected chi connectivity index (χ4v) is 4.02. The van der Waals surface area contributed by atoms with Crippen LogP contribution in [0.1, 0.15) is 53.8 Å². The summed E-state index contributed by atoms with van der Waals surface area (Å²) >= 11 is 1.17. The van der Waals surface area contributed by atoms with Gasteiger partial charge in [-0.2, -0.15) is 0 Å². The fourth-order valence-electron chi connectivity index (χ4n) is 3.12. The molecule has 24 heavy (non-hydrogen) atoms. The highest BCUT2D eigenvalue weighted by Crippen LogP contribution is 2.26. The molecule has 1 aliphatic rings. The molecule has 2 aromatic heterocycles. The van der Waals surface area contributed by atoms with Gasteiger partial charge in [-0.25, -0.2) is 4.79 Å². The van der Waals surface area contributed by atoms with E-state index in [9.17, 15) is 9.59 Å². The molecule has 1 amide bonds. The van der Waals surface area contributed by atoms with Crippen molar-refractivity contribution in [3.8, 4) is 0 Å². The van der Waals surface area contributed by atoms with Crippen molar-refractivity contribution in [3.05, 3.63) is 22.7 Å². The first-order chi connectivity index (χ1) is 11.2. The maximum atomic E-state index is 12.5. The van der Waals surface area contributed by atoms with Crippen LogP contribution in [0, 0.1) is 0 Å². The molecule has 1 aliphatic heterocycles. The summed E-state index contributed by atoms with van der Waals surface area (Å²) < 4.78 is 0.789. The molecule has 0 aliphatic carbocycles. The van der Waals surface area contributed by atoms with E-state index < -0.39 is 5.97 Å². The van der Waals surface area contributed by atoms with Crippen LogP contribution >= 0.6 is 11.3 Å². The van der Waals surface area contributed by atoms with E-state index in [1.54, 1.807) is 12.1 Å². The van der Waals surface area contributed by atoms with E-state index in [-0.39, 0.29) is 22.4 Å². The van der Waals surface area contributed by atoms with Gasteiger partial charge < -0.3 is 15.4 Å². The Labute approximate surface area is 144 Å². The van der Waals surface area contributed by atoms with Gasteiger partial charge in [0.2, 0.25) is 0 Å². The number of hydrogen-bond donors (Lipinski definition) is 3. The fraction of sp³-hybridized carbons (Fsp3) is 0.529. The molecular formula is C17H23N3O3S. The number of carbonyl (C=O) groups excluding carboxylic acids is 1. The van der Waals surface area contributed by atoms with Gasteiger partial charge in [0.15, 0.2) is 0 Å². The molecule has 3 heterocycles. The van der Waals surface area contributed by atoms with Crippen LogP contribution in [0.4, 0.5) is 0 Å². The number of amides is 1. The lowest BCUT2D eigenvalue weighted by atomic mass is 9.98. The molecule has 0 radical (unpaired) electrons. The van der Waals surface area contributed by atoms with Crippen molar-refractivity contribution in [1.82, 2.24) is 15.2 Å². The number of rotatable bonds is 3. The smallest absolute Gasteiger partial charge is 0.345 e. The first kappa shape index (κ1) is 17.0. The molecule has 0 spiro atoms. The molecule has 6 nitrogen and oxygen atoms in total. The van der Waals surface area contributed by atoms with Crippen LogP contribution in [0.5, 0.6) is 0 Å². The zero-order valence-corrected chi connectivity index (χ0v) is 15.0. The van der Waals surface area contributed by atoms with Crippen LogP contribution in [0.3, 0.4) is 0 Å². The normalized spacial score (nSPS) is 19.5. The molecule has 0 bridgehead atoms. The highest BCUT2D eigenvalue weighted by atomic mass is 32.1. The molecular weight excluding hydrogens is 326 g/mol. The van der Waals surface area contributed by atoms with Gasteiger partial charge in [0, 0.05) is 18.1 Å². The van der Waals surface area contributed by atoms with E-state index in [2.05, 4.69) is 36.0 Å². The van der Waals surface area contributed by atoms with E-state index in [0.717, 1.165) is 30.6 Å². The number of carboxylic acids is 1. The van der Waals surface area contributed by atoms with Crippen LogP contribution < -0.4 is 5.32 Å². The minimum Gasteiger partial charge on any atom is -0.477 e. The number of likely N-dealkylation sites (tertiary alicyclic amines) is 1. The molecule has 1 fully saturated rings. The third kappa shape index (κ3) is 3.47. The Morgan fingerprint density at radius 3 is 2.75 bits per heavy atom. The number of nitrogens with zero attached hydrogens (tertiary/aromatic N) is 1. The lowest BCUT2D eigenvalue weighted by molar-refractivity contribution is 0.0701. The predicted octanol–water partition coefficient (Wildman–Crippen LogP) is 2.92. The molecule has 1 atom stereocenters. The molecule has 3 rings (SSSR count). The number of nitrogens with one attached hydrogen (secondary N) is 2. The average Bonchev–Trinajstić information content (AvgIpc) is 3.05. The number of piperidine rings is 1. The van der Waals surface area contributed by atoms with E-state index in [1.807, 2.05) is 0 Å². The van der Waals surface area contributed by atoms with Crippen molar-refractivity contribution in [3.63, 3.8) is 0 Å². The Bertz CT molecular complexity index is 740. The van der Waals surface area contributed by atoms with Gasteiger partial charge in [-0.1, -0.05) is 0 Å². The highest BCUT2D eigenvalue weighted by molar-refractivity contribution is 7.20. The van der Waals surface area contributed by atoms with E-state index in [4.69, 9.17) is 5.11 Å². The second kappa shape index (κ2) is 6.22. The molecule has 3 N–H and O–H groups in total. The molecule has 0 aromatic carbocycles. The van der Waals surface area contributed by atoms with Gasteiger partial charge in [0.25, 0.3) is 5.91 Å². The number of aromatic carboxylic acids is 1. The van der Waals surface area contributed by atoms with Crippen LogP contribution in [0.2, 0.25) is 0 Å². The number of fused-ring (bicyclic) bond motifs is 1. The average molecular weight is 349 g/mol. The summed E-state index contributed by atoms with van der Waals surface area (Å²) in [5, 5.41) is 12.1. The van der Waals surface area contributed by atoms with E-state index in [1.165, 1.54) is 11.3 Å². The van der Waals surface area contributed by atoms with Crippen molar-refractivity contribution < 1.29 is 14.7 Å². The van der Waals surface area contributed by atoms with Gasteiger partial charge in [-0.05, 0) is 52.3 Å². The lowest BCUT2D eigenvalue weighted by Gasteiger charge is -2.41. The summed E-state index contributed by atoms with van der Waals surface area (Å²) in [6.45, 7) is 8.49. The summed E-state index contributed by atoms with van der Waals surface area (Å²) in [5.74, 6) is -1.07. The molecule has 1 unspecified atom stereocenters. The molecule has 7 heteroatoms. The first-order valence-corrected chi connectivity index (χ1v) is 8.97.